The first-order chi connectivity index (χ1) is 13.6. The second kappa shape index (κ2) is 6.68. The summed E-state index contributed by atoms with van der Waals surface area (Å²) >= 11 is 0. The average molecular weight is 390 g/mol. The van der Waals surface area contributed by atoms with E-state index in [4.69, 9.17) is 14.5 Å². The van der Waals surface area contributed by atoms with Crippen molar-refractivity contribution in [3.8, 4) is 0 Å². The molecule has 5 nitrogen and oxygen atoms in total. The summed E-state index contributed by atoms with van der Waals surface area (Å²) in [4.78, 5) is 27.1. The molecule has 2 atom stereocenters. The molecule has 4 bridgehead atoms. The average Bonchev–Trinajstić information content (AvgIpc) is 3.06. The molecule has 2 spiro atoms. The first-order valence-corrected chi connectivity index (χ1v) is 12.0. The summed E-state index contributed by atoms with van der Waals surface area (Å²) in [6, 6.07) is 0. The van der Waals surface area contributed by atoms with Crippen molar-refractivity contribution in [1.82, 2.24) is 4.90 Å². The molecule has 5 saturated carbocycles. The van der Waals surface area contributed by atoms with E-state index in [1.807, 2.05) is 0 Å². The van der Waals surface area contributed by atoms with Crippen molar-refractivity contribution in [3.63, 3.8) is 0 Å². The second-order valence-corrected chi connectivity index (χ2v) is 10.8. The van der Waals surface area contributed by atoms with Crippen molar-refractivity contribution < 1.29 is 19.3 Å². The molecule has 0 unspecified atom stereocenters. The molecule has 5 aliphatic carbocycles. The minimum Gasteiger partial charge on any atom is -0.343 e. The predicted octanol–water partition coefficient (Wildman–Crippen LogP) is 4.41. The van der Waals surface area contributed by atoms with Gasteiger partial charge in [0.05, 0.1) is 0 Å². The lowest BCUT2D eigenvalue weighted by molar-refractivity contribution is -0.390. The highest BCUT2D eigenvalue weighted by molar-refractivity contribution is 5.76. The van der Waals surface area contributed by atoms with Crippen LogP contribution in [0.4, 0.5) is 0 Å². The summed E-state index contributed by atoms with van der Waals surface area (Å²) in [5, 5.41) is 0. The van der Waals surface area contributed by atoms with Crippen molar-refractivity contribution >= 4 is 5.91 Å². The van der Waals surface area contributed by atoms with Crippen LogP contribution in [-0.4, -0.2) is 35.5 Å². The molecule has 2 saturated heterocycles. The number of piperidine rings is 1. The van der Waals surface area contributed by atoms with Crippen LogP contribution < -0.4 is 0 Å². The van der Waals surface area contributed by atoms with Crippen molar-refractivity contribution in [2.24, 2.45) is 29.6 Å². The maximum atomic E-state index is 12.8. The van der Waals surface area contributed by atoms with E-state index in [0.717, 1.165) is 63.5 Å². The molecule has 0 radical (unpaired) electrons. The number of carbonyl (C=O) groups excluding carboxylic acids is 1. The van der Waals surface area contributed by atoms with Gasteiger partial charge in [-0.1, -0.05) is 0 Å². The molecule has 0 aromatic carbocycles. The zero-order valence-electron chi connectivity index (χ0n) is 17.1. The quantitative estimate of drug-likeness (QED) is 0.657. The van der Waals surface area contributed by atoms with Crippen LogP contribution in [0.1, 0.15) is 83.5 Å². The Bertz CT molecular complexity index is 602. The standard InChI is InChI=1S/C23H35NO4/c25-21(24-7-2-1-3-8-24)14-16-5-4-6-22(15-16)26-23(28-27-22)19-10-17-9-18(12-19)13-20(23)11-17/h16-20H,1-15H2/t16-,17?,18?,19?,20?,22+,23?/m0/s1. The topological polar surface area (TPSA) is 48.0 Å². The minimum absolute atomic E-state index is 0.338. The highest BCUT2D eigenvalue weighted by Gasteiger charge is 2.67. The van der Waals surface area contributed by atoms with Crippen LogP contribution >= 0.6 is 0 Å². The van der Waals surface area contributed by atoms with Crippen molar-refractivity contribution in [2.75, 3.05) is 13.1 Å². The lowest BCUT2D eigenvalue weighted by atomic mass is 9.53. The van der Waals surface area contributed by atoms with Crippen LogP contribution in [0.2, 0.25) is 0 Å². The molecular weight excluding hydrogens is 354 g/mol. The van der Waals surface area contributed by atoms with Crippen LogP contribution in [0.15, 0.2) is 0 Å². The number of hydrogen-bond acceptors (Lipinski definition) is 4. The van der Waals surface area contributed by atoms with Gasteiger partial charge in [0.15, 0.2) is 0 Å². The van der Waals surface area contributed by atoms with E-state index in [1.54, 1.807) is 0 Å². The summed E-state index contributed by atoms with van der Waals surface area (Å²) in [5.41, 5.74) is 0. The molecule has 2 aliphatic heterocycles. The molecule has 28 heavy (non-hydrogen) atoms. The third-order valence-electron chi connectivity index (χ3n) is 8.89. The molecule has 2 heterocycles. The Kier molecular flexibility index (Phi) is 4.33. The molecule has 1 amide bonds. The molecule has 7 rings (SSSR count). The summed E-state index contributed by atoms with van der Waals surface area (Å²) < 4.78 is 6.84. The van der Waals surface area contributed by atoms with Crippen LogP contribution in [0, 0.1) is 29.6 Å². The third kappa shape index (κ3) is 2.87. The number of hydrogen-bond donors (Lipinski definition) is 0. The molecule has 0 N–H and O–H groups in total. The fraction of sp³-hybridized carbons (Fsp3) is 0.957. The van der Waals surface area contributed by atoms with Gasteiger partial charge in [-0.15, -0.1) is 0 Å². The van der Waals surface area contributed by atoms with Crippen LogP contribution in [-0.2, 0) is 19.3 Å². The largest absolute Gasteiger partial charge is 0.343 e. The number of amides is 1. The van der Waals surface area contributed by atoms with Crippen LogP contribution in [0.3, 0.4) is 0 Å². The number of nitrogens with zero attached hydrogens (tertiary/aromatic N) is 1. The van der Waals surface area contributed by atoms with Gasteiger partial charge in [-0.25, -0.2) is 0 Å². The highest BCUT2D eigenvalue weighted by Crippen LogP contribution is 2.64. The molecule has 5 heteroatoms. The van der Waals surface area contributed by atoms with Gasteiger partial charge in [0.1, 0.15) is 0 Å². The molecule has 0 aromatic rings. The fourth-order valence-electron chi connectivity index (χ4n) is 7.78. The minimum atomic E-state index is -0.597. The van der Waals surface area contributed by atoms with Gasteiger partial charge in [-0.3, -0.25) is 4.79 Å². The summed E-state index contributed by atoms with van der Waals surface area (Å²) in [6.07, 6.45) is 14.6. The van der Waals surface area contributed by atoms with E-state index in [9.17, 15) is 4.79 Å². The number of ether oxygens (including phenoxy) is 1. The number of rotatable bonds is 2. The lowest BCUT2D eigenvalue weighted by Gasteiger charge is -2.57. The van der Waals surface area contributed by atoms with E-state index in [-0.39, 0.29) is 0 Å². The predicted molar refractivity (Wildman–Crippen MR) is 103 cm³/mol. The van der Waals surface area contributed by atoms with Crippen molar-refractivity contribution in [3.05, 3.63) is 0 Å². The van der Waals surface area contributed by atoms with E-state index in [2.05, 4.69) is 4.90 Å². The number of likely N-dealkylation sites (tertiary alicyclic amines) is 1. The zero-order valence-corrected chi connectivity index (χ0v) is 17.1. The Balaban J connectivity index is 1.14. The first-order valence-electron chi connectivity index (χ1n) is 12.0. The summed E-state index contributed by atoms with van der Waals surface area (Å²) in [7, 11) is 0. The van der Waals surface area contributed by atoms with Gasteiger partial charge >= 0.3 is 0 Å². The molecule has 7 fully saturated rings. The normalized spacial score (nSPS) is 50.0. The third-order valence-corrected chi connectivity index (χ3v) is 8.89. The Morgan fingerprint density at radius 1 is 0.893 bits per heavy atom. The van der Waals surface area contributed by atoms with E-state index in [0.29, 0.717) is 30.1 Å². The monoisotopic (exact) mass is 389 g/mol. The SMILES string of the molecule is O=C(C[C@@H]1CCC[C@]2(C1)OOC1(O2)C2CC3CC(C2)CC1C3)N1CCCCC1. The first kappa shape index (κ1) is 18.1. The highest BCUT2D eigenvalue weighted by atomic mass is 17.3. The van der Waals surface area contributed by atoms with Crippen molar-refractivity contribution in [1.29, 1.82) is 0 Å². The Morgan fingerprint density at radius 2 is 1.61 bits per heavy atom. The summed E-state index contributed by atoms with van der Waals surface area (Å²) in [6.45, 7) is 1.89. The van der Waals surface area contributed by atoms with E-state index in [1.165, 1.54) is 38.5 Å². The van der Waals surface area contributed by atoms with Gasteiger partial charge in [0.25, 0.3) is 0 Å². The van der Waals surface area contributed by atoms with Gasteiger partial charge in [-0.05, 0) is 82.0 Å². The molecule has 0 aromatic heterocycles. The second-order valence-electron chi connectivity index (χ2n) is 10.8. The van der Waals surface area contributed by atoms with E-state index < -0.39 is 11.6 Å². The van der Waals surface area contributed by atoms with Crippen LogP contribution in [0.25, 0.3) is 0 Å². The van der Waals surface area contributed by atoms with Gasteiger partial charge in [0, 0.05) is 44.2 Å². The summed E-state index contributed by atoms with van der Waals surface area (Å²) in [5.74, 6) is 2.42. The Labute approximate surface area is 168 Å². The number of carbonyl (C=O) groups is 1. The van der Waals surface area contributed by atoms with Crippen molar-refractivity contribution in [2.45, 2.75) is 95.0 Å². The molecule has 156 valence electrons. The Hall–Kier alpha value is -0.650. The molecular formula is C23H35NO4. The maximum absolute atomic E-state index is 12.8. The fourth-order valence-corrected chi connectivity index (χ4v) is 7.78. The Morgan fingerprint density at radius 3 is 2.32 bits per heavy atom. The lowest BCUT2D eigenvalue weighted by Crippen LogP contribution is -2.59. The van der Waals surface area contributed by atoms with E-state index >= 15 is 0 Å². The van der Waals surface area contributed by atoms with Gasteiger partial charge < -0.3 is 9.64 Å². The smallest absolute Gasteiger partial charge is 0.222 e. The van der Waals surface area contributed by atoms with Crippen LogP contribution in [0.5, 0.6) is 0 Å². The zero-order chi connectivity index (χ0) is 18.8. The van der Waals surface area contributed by atoms with Gasteiger partial charge in [-0.2, -0.15) is 9.78 Å². The maximum Gasteiger partial charge on any atom is 0.222 e. The molecule has 7 aliphatic rings. The van der Waals surface area contributed by atoms with Gasteiger partial charge in [0.2, 0.25) is 17.5 Å².